The summed E-state index contributed by atoms with van der Waals surface area (Å²) in [5, 5.41) is 11.4. The number of carbonyl (C=O) groups excluding carboxylic acids is 2. The van der Waals surface area contributed by atoms with E-state index in [-0.39, 0.29) is 35.1 Å². The molecule has 5 aromatic rings. The molecule has 0 unspecified atom stereocenters. The van der Waals surface area contributed by atoms with Gasteiger partial charge < -0.3 is 19.3 Å². The molecule has 0 spiro atoms. The third-order valence-corrected chi connectivity index (χ3v) is 7.53. The number of hydrogen-bond donors (Lipinski definition) is 1. The number of ether oxygens (including phenoxy) is 2. The van der Waals surface area contributed by atoms with Crippen LogP contribution in [0.3, 0.4) is 0 Å². The summed E-state index contributed by atoms with van der Waals surface area (Å²) in [6.07, 6.45) is 2.94. The first kappa shape index (κ1) is 26.3. The summed E-state index contributed by atoms with van der Waals surface area (Å²) >= 11 is 8.45. The zero-order valence-electron chi connectivity index (χ0n) is 20.4. The van der Waals surface area contributed by atoms with Crippen molar-refractivity contribution in [2.45, 2.75) is 13.1 Å². The molecule has 0 saturated heterocycles. The minimum atomic E-state index is -0.718. The molecule has 5 aromatic heterocycles. The second-order valence-corrected chi connectivity index (χ2v) is 10.5. The van der Waals surface area contributed by atoms with Gasteiger partial charge >= 0.3 is 5.97 Å². The van der Waals surface area contributed by atoms with Gasteiger partial charge in [-0.1, -0.05) is 16.8 Å². The van der Waals surface area contributed by atoms with Crippen LogP contribution in [0.1, 0.15) is 30.7 Å². The SMILES string of the molecule is COC(=O)c1ccc(=O)n(Cc2ccno2)c1-c1nn(C(=O)c2ccns2)c(NCc2ccc(Cl)s2)c1OC. The normalized spacial score (nSPS) is 10.9. The van der Waals surface area contributed by atoms with Gasteiger partial charge in [0, 0.05) is 23.2 Å². The van der Waals surface area contributed by atoms with E-state index in [0.717, 1.165) is 21.1 Å². The first-order valence-corrected chi connectivity index (χ1v) is 13.2. The fraction of sp³-hybridized carbons (Fsp3) is 0.167. The van der Waals surface area contributed by atoms with Crippen molar-refractivity contribution in [3.05, 3.63) is 84.6 Å². The molecule has 0 saturated carbocycles. The van der Waals surface area contributed by atoms with E-state index in [1.54, 1.807) is 18.2 Å². The molecule has 200 valence electrons. The first-order chi connectivity index (χ1) is 18.9. The standard InChI is InChI=1S/C24H19ClN6O6S2/c1-35-21-19(20-15(24(34)36-2)4-6-18(32)30(20)12-13-7-9-27-37-13)29-31(23(33)16-8-10-28-39-16)22(21)26-11-14-3-5-17(25)38-14/h3-10,26H,11-12H2,1-2H3. The molecule has 0 radical (unpaired) electrons. The van der Waals surface area contributed by atoms with E-state index >= 15 is 0 Å². The van der Waals surface area contributed by atoms with Crippen LogP contribution in [-0.4, -0.2) is 50.0 Å². The topological polar surface area (TPSA) is 143 Å². The van der Waals surface area contributed by atoms with Crippen molar-refractivity contribution in [1.82, 2.24) is 23.9 Å². The number of esters is 1. The van der Waals surface area contributed by atoms with E-state index in [1.165, 1.54) is 54.6 Å². The van der Waals surface area contributed by atoms with Crippen LogP contribution in [0.25, 0.3) is 11.4 Å². The maximum absolute atomic E-state index is 13.5. The Bertz CT molecular complexity index is 1690. The summed E-state index contributed by atoms with van der Waals surface area (Å²) in [6.45, 7) is 0.215. The van der Waals surface area contributed by atoms with Crippen LogP contribution < -0.4 is 15.6 Å². The Kier molecular flexibility index (Phi) is 7.58. The molecule has 0 aliphatic carbocycles. The highest BCUT2D eigenvalue weighted by molar-refractivity contribution is 7.16. The number of anilines is 1. The number of pyridine rings is 1. The van der Waals surface area contributed by atoms with Gasteiger partial charge in [-0.25, -0.2) is 9.17 Å². The molecular weight excluding hydrogens is 568 g/mol. The predicted molar refractivity (Wildman–Crippen MR) is 144 cm³/mol. The second-order valence-electron chi connectivity index (χ2n) is 7.87. The maximum Gasteiger partial charge on any atom is 0.340 e. The quantitative estimate of drug-likeness (QED) is 0.251. The number of hydrogen-bond acceptors (Lipinski definition) is 12. The van der Waals surface area contributed by atoms with Crippen molar-refractivity contribution in [3.63, 3.8) is 0 Å². The van der Waals surface area contributed by atoms with Crippen LogP contribution in [0.15, 0.2) is 58.1 Å². The number of aromatic nitrogens is 5. The first-order valence-electron chi connectivity index (χ1n) is 11.2. The lowest BCUT2D eigenvalue weighted by Crippen LogP contribution is -2.25. The van der Waals surface area contributed by atoms with Gasteiger partial charge in [0.2, 0.25) is 0 Å². The number of carbonyl (C=O) groups is 2. The Labute approximate surface area is 233 Å². The van der Waals surface area contributed by atoms with E-state index in [2.05, 4.69) is 19.9 Å². The van der Waals surface area contributed by atoms with E-state index in [1.807, 2.05) is 6.07 Å². The van der Waals surface area contributed by atoms with Gasteiger partial charge in [0.25, 0.3) is 11.5 Å². The highest BCUT2D eigenvalue weighted by Crippen LogP contribution is 2.39. The number of thiophene rings is 1. The Balaban J connectivity index is 1.73. The van der Waals surface area contributed by atoms with Crippen LogP contribution in [-0.2, 0) is 17.8 Å². The lowest BCUT2D eigenvalue weighted by molar-refractivity contribution is 0.0600. The molecule has 0 aliphatic rings. The summed E-state index contributed by atoms with van der Waals surface area (Å²) in [5.41, 5.74) is -0.302. The van der Waals surface area contributed by atoms with E-state index < -0.39 is 17.4 Å². The average molecular weight is 587 g/mol. The summed E-state index contributed by atoms with van der Waals surface area (Å²) in [6, 6.07) is 9.33. The maximum atomic E-state index is 13.5. The fourth-order valence-corrected chi connectivity index (χ4v) is 5.40. The number of rotatable bonds is 9. The molecule has 15 heteroatoms. The van der Waals surface area contributed by atoms with Gasteiger partial charge in [0.1, 0.15) is 4.88 Å². The molecule has 1 N–H and O–H groups in total. The number of methoxy groups -OCH3 is 2. The van der Waals surface area contributed by atoms with Crippen LogP contribution in [0.5, 0.6) is 5.75 Å². The highest BCUT2D eigenvalue weighted by Gasteiger charge is 2.30. The Morgan fingerprint density at radius 2 is 1.97 bits per heavy atom. The molecular formula is C24H19ClN6O6S2. The van der Waals surface area contributed by atoms with Crippen molar-refractivity contribution in [2.75, 3.05) is 19.5 Å². The molecule has 0 atom stereocenters. The van der Waals surface area contributed by atoms with E-state index in [0.29, 0.717) is 21.5 Å². The van der Waals surface area contributed by atoms with Gasteiger partial charge in [-0.3, -0.25) is 14.2 Å². The number of halogens is 1. The molecule has 0 aromatic carbocycles. The predicted octanol–water partition coefficient (Wildman–Crippen LogP) is 4.02. The minimum absolute atomic E-state index is 0.0291. The highest BCUT2D eigenvalue weighted by atomic mass is 35.5. The lowest BCUT2D eigenvalue weighted by Gasteiger charge is -2.14. The van der Waals surface area contributed by atoms with Gasteiger partial charge in [0.05, 0.1) is 49.1 Å². The summed E-state index contributed by atoms with van der Waals surface area (Å²) in [7, 11) is 2.62. The van der Waals surface area contributed by atoms with Gasteiger partial charge in [-0.2, -0.15) is 9.78 Å². The zero-order valence-corrected chi connectivity index (χ0v) is 22.8. The molecule has 5 heterocycles. The van der Waals surface area contributed by atoms with Crippen LogP contribution in [0, 0.1) is 0 Å². The van der Waals surface area contributed by atoms with Crippen molar-refractivity contribution in [2.24, 2.45) is 0 Å². The van der Waals surface area contributed by atoms with Crippen molar-refractivity contribution in [1.29, 1.82) is 0 Å². The molecule has 39 heavy (non-hydrogen) atoms. The third-order valence-electron chi connectivity index (χ3n) is 5.56. The smallest absolute Gasteiger partial charge is 0.340 e. The largest absolute Gasteiger partial charge is 0.491 e. The monoisotopic (exact) mass is 586 g/mol. The van der Waals surface area contributed by atoms with Crippen molar-refractivity contribution in [3.8, 4) is 17.1 Å². The average Bonchev–Trinajstić information content (AvgIpc) is 3.75. The Morgan fingerprint density at radius 1 is 1.13 bits per heavy atom. The Hall–Kier alpha value is -4.27. The second kappa shape index (κ2) is 11.2. The van der Waals surface area contributed by atoms with Crippen molar-refractivity contribution >= 4 is 52.2 Å². The van der Waals surface area contributed by atoms with Crippen LogP contribution >= 0.6 is 34.5 Å². The number of nitrogens with zero attached hydrogens (tertiary/aromatic N) is 5. The summed E-state index contributed by atoms with van der Waals surface area (Å²) in [5.74, 6) is -0.531. The van der Waals surface area contributed by atoms with E-state index in [9.17, 15) is 14.4 Å². The van der Waals surface area contributed by atoms with Crippen LogP contribution in [0.2, 0.25) is 4.34 Å². The molecule has 0 fully saturated rings. The molecule has 0 aliphatic heterocycles. The molecule has 0 bridgehead atoms. The summed E-state index contributed by atoms with van der Waals surface area (Å²) in [4.78, 5) is 40.7. The van der Waals surface area contributed by atoms with Crippen molar-refractivity contribution < 1.29 is 23.6 Å². The van der Waals surface area contributed by atoms with Gasteiger partial charge in [-0.05, 0) is 35.8 Å². The van der Waals surface area contributed by atoms with E-state index in [4.69, 9.17) is 25.6 Å². The zero-order chi connectivity index (χ0) is 27.5. The third kappa shape index (κ3) is 5.21. The Morgan fingerprint density at radius 3 is 2.62 bits per heavy atom. The molecule has 0 amide bonds. The summed E-state index contributed by atoms with van der Waals surface area (Å²) < 4.78 is 22.9. The minimum Gasteiger partial charge on any atom is -0.491 e. The van der Waals surface area contributed by atoms with Gasteiger partial charge in [-0.15, -0.1) is 11.3 Å². The number of nitrogens with one attached hydrogen (secondary N) is 1. The lowest BCUT2D eigenvalue weighted by atomic mass is 10.1. The van der Waals surface area contributed by atoms with Gasteiger partial charge in [0.15, 0.2) is 23.0 Å². The molecule has 5 rings (SSSR count). The van der Waals surface area contributed by atoms with Crippen LogP contribution in [0.4, 0.5) is 5.82 Å². The molecule has 12 nitrogen and oxygen atoms in total. The fourth-order valence-electron chi connectivity index (χ4n) is 3.85.